The first-order chi connectivity index (χ1) is 8.56. The lowest BCUT2D eigenvalue weighted by Gasteiger charge is -2.09. The number of fused-ring (bicyclic) bond motifs is 1. The number of nitrogens with zero attached hydrogens (tertiary/aromatic N) is 1. The highest BCUT2D eigenvalue weighted by Crippen LogP contribution is 2.21. The Balaban J connectivity index is 2.08. The van der Waals surface area contributed by atoms with Crippen LogP contribution >= 0.6 is 0 Å². The molecule has 3 N–H and O–H groups in total. The maximum atomic E-state index is 11.8. The molecule has 0 fully saturated rings. The average molecular weight is 247 g/mol. The van der Waals surface area contributed by atoms with Gasteiger partial charge in [0.2, 0.25) is 0 Å². The van der Waals surface area contributed by atoms with E-state index in [1.54, 1.807) is 24.3 Å². The molecule has 0 aliphatic carbocycles. The molecule has 96 valence electrons. The minimum Gasteiger partial charge on any atom is -0.451 e. The molecule has 1 aromatic heterocycles. The quantitative estimate of drug-likeness (QED) is 0.799. The Kier molecular flexibility index (Phi) is 3.53. The third-order valence-corrected chi connectivity index (χ3v) is 2.61. The van der Waals surface area contributed by atoms with Gasteiger partial charge in [-0.05, 0) is 38.4 Å². The summed E-state index contributed by atoms with van der Waals surface area (Å²) in [7, 11) is 3.91. The van der Waals surface area contributed by atoms with E-state index in [2.05, 4.69) is 5.32 Å². The zero-order chi connectivity index (χ0) is 13.1. The van der Waals surface area contributed by atoms with Gasteiger partial charge in [-0.25, -0.2) is 0 Å². The second-order valence-electron chi connectivity index (χ2n) is 4.47. The van der Waals surface area contributed by atoms with Gasteiger partial charge in [0.05, 0.1) is 0 Å². The summed E-state index contributed by atoms with van der Waals surface area (Å²) in [6, 6.07) is 7.01. The van der Waals surface area contributed by atoms with Gasteiger partial charge in [-0.3, -0.25) is 4.79 Å². The Morgan fingerprint density at radius 3 is 2.89 bits per heavy atom. The van der Waals surface area contributed by atoms with Crippen molar-refractivity contribution < 1.29 is 9.21 Å². The Labute approximate surface area is 106 Å². The molecule has 0 aliphatic heterocycles. The lowest BCUT2D eigenvalue weighted by Crippen LogP contribution is -2.31. The lowest BCUT2D eigenvalue weighted by molar-refractivity contribution is 0.0925. The van der Waals surface area contributed by atoms with Gasteiger partial charge >= 0.3 is 0 Å². The molecule has 0 aliphatic rings. The molecule has 18 heavy (non-hydrogen) atoms. The zero-order valence-electron chi connectivity index (χ0n) is 10.6. The molecule has 0 bridgehead atoms. The number of hydrogen-bond acceptors (Lipinski definition) is 4. The summed E-state index contributed by atoms with van der Waals surface area (Å²) in [5, 5.41) is 3.64. The Morgan fingerprint density at radius 2 is 2.17 bits per heavy atom. The number of nitrogens with two attached hydrogens (primary N) is 1. The van der Waals surface area contributed by atoms with Crippen LogP contribution in [-0.4, -0.2) is 38.0 Å². The third-order valence-electron chi connectivity index (χ3n) is 2.61. The smallest absolute Gasteiger partial charge is 0.287 e. The van der Waals surface area contributed by atoms with Crippen LogP contribution in [0.25, 0.3) is 11.0 Å². The molecule has 0 radical (unpaired) electrons. The van der Waals surface area contributed by atoms with Crippen LogP contribution in [0.2, 0.25) is 0 Å². The summed E-state index contributed by atoms with van der Waals surface area (Å²) < 4.78 is 5.46. The Hall–Kier alpha value is -2.01. The number of amides is 1. The summed E-state index contributed by atoms with van der Waals surface area (Å²) in [5.74, 6) is 0.112. The van der Waals surface area contributed by atoms with Crippen LogP contribution < -0.4 is 11.1 Å². The van der Waals surface area contributed by atoms with Crippen molar-refractivity contribution in [2.45, 2.75) is 0 Å². The Morgan fingerprint density at radius 1 is 1.39 bits per heavy atom. The van der Waals surface area contributed by atoms with Gasteiger partial charge in [0.15, 0.2) is 5.76 Å². The van der Waals surface area contributed by atoms with Crippen LogP contribution in [0.15, 0.2) is 28.7 Å². The predicted molar refractivity (Wildman–Crippen MR) is 71.5 cm³/mol. The molecule has 0 spiro atoms. The largest absolute Gasteiger partial charge is 0.451 e. The normalized spacial score (nSPS) is 11.1. The number of carbonyl (C=O) groups is 1. The van der Waals surface area contributed by atoms with Crippen molar-refractivity contribution in [2.75, 3.05) is 32.9 Å². The molecule has 1 amide bonds. The number of carbonyl (C=O) groups excluding carboxylic acids is 1. The minimum atomic E-state index is -0.202. The molecule has 5 heteroatoms. The van der Waals surface area contributed by atoms with Gasteiger partial charge < -0.3 is 20.4 Å². The van der Waals surface area contributed by atoms with Crippen LogP contribution in [-0.2, 0) is 0 Å². The van der Waals surface area contributed by atoms with Crippen molar-refractivity contribution in [3.05, 3.63) is 30.0 Å². The van der Waals surface area contributed by atoms with Crippen molar-refractivity contribution in [3.8, 4) is 0 Å². The van der Waals surface area contributed by atoms with Crippen LogP contribution in [0.5, 0.6) is 0 Å². The van der Waals surface area contributed by atoms with Crippen LogP contribution in [0.1, 0.15) is 10.6 Å². The number of benzene rings is 1. The van der Waals surface area contributed by atoms with E-state index in [0.29, 0.717) is 23.6 Å². The number of hydrogen-bond donors (Lipinski definition) is 2. The van der Waals surface area contributed by atoms with Gasteiger partial charge in [-0.15, -0.1) is 0 Å². The van der Waals surface area contributed by atoms with Crippen molar-refractivity contribution >= 4 is 22.6 Å². The van der Waals surface area contributed by atoms with Crippen molar-refractivity contribution in [1.29, 1.82) is 0 Å². The van der Waals surface area contributed by atoms with E-state index < -0.39 is 0 Å². The minimum absolute atomic E-state index is 0.202. The average Bonchev–Trinajstić information content (AvgIpc) is 2.71. The third kappa shape index (κ3) is 2.81. The zero-order valence-corrected chi connectivity index (χ0v) is 10.6. The van der Waals surface area contributed by atoms with Gasteiger partial charge in [-0.1, -0.05) is 0 Å². The number of nitrogens with one attached hydrogen (secondary N) is 1. The van der Waals surface area contributed by atoms with Crippen molar-refractivity contribution in [1.82, 2.24) is 10.2 Å². The Bertz CT molecular complexity index is 560. The molecule has 0 saturated carbocycles. The van der Waals surface area contributed by atoms with Crippen molar-refractivity contribution in [2.24, 2.45) is 0 Å². The molecule has 0 saturated heterocycles. The van der Waals surface area contributed by atoms with Gasteiger partial charge in [0.1, 0.15) is 5.58 Å². The number of likely N-dealkylation sites (N-methyl/N-ethyl adjacent to an activating group) is 1. The van der Waals surface area contributed by atoms with Gasteiger partial charge in [-0.2, -0.15) is 0 Å². The summed E-state index contributed by atoms with van der Waals surface area (Å²) in [5.41, 5.74) is 7.00. The van der Waals surface area contributed by atoms with E-state index >= 15 is 0 Å². The first-order valence-corrected chi connectivity index (χ1v) is 5.78. The van der Waals surface area contributed by atoms with E-state index in [1.165, 1.54) is 0 Å². The van der Waals surface area contributed by atoms with E-state index in [4.69, 9.17) is 10.2 Å². The molecule has 0 atom stereocenters. The highest BCUT2D eigenvalue weighted by Gasteiger charge is 2.11. The number of anilines is 1. The molecular weight excluding hydrogens is 230 g/mol. The molecular formula is C13H17N3O2. The van der Waals surface area contributed by atoms with Gasteiger partial charge in [0, 0.05) is 24.2 Å². The molecule has 5 nitrogen and oxygen atoms in total. The summed E-state index contributed by atoms with van der Waals surface area (Å²) in [6.45, 7) is 1.38. The topological polar surface area (TPSA) is 71.5 Å². The van der Waals surface area contributed by atoms with Crippen LogP contribution in [0.4, 0.5) is 5.69 Å². The molecule has 2 aromatic rings. The predicted octanol–water partition coefficient (Wildman–Crippen LogP) is 1.31. The van der Waals surface area contributed by atoms with Crippen LogP contribution in [0.3, 0.4) is 0 Å². The molecule has 1 heterocycles. The maximum absolute atomic E-state index is 11.8. The summed E-state index contributed by atoms with van der Waals surface area (Å²) in [6.07, 6.45) is 0. The second-order valence-corrected chi connectivity index (χ2v) is 4.47. The van der Waals surface area contributed by atoms with Crippen molar-refractivity contribution in [3.63, 3.8) is 0 Å². The molecule has 2 rings (SSSR count). The number of nitrogen functional groups attached to an aromatic ring is 1. The SMILES string of the molecule is CN(C)CCNC(=O)c1cc2cc(N)ccc2o1. The molecule has 0 unspecified atom stereocenters. The van der Waals surface area contributed by atoms with Crippen LogP contribution in [0, 0.1) is 0 Å². The van der Waals surface area contributed by atoms with E-state index in [0.717, 1.165) is 11.9 Å². The second kappa shape index (κ2) is 5.10. The highest BCUT2D eigenvalue weighted by atomic mass is 16.3. The fourth-order valence-electron chi connectivity index (χ4n) is 1.65. The van der Waals surface area contributed by atoms with E-state index in [1.807, 2.05) is 19.0 Å². The standard InChI is InChI=1S/C13H17N3O2/c1-16(2)6-5-15-13(17)12-8-9-7-10(14)3-4-11(9)18-12/h3-4,7-8H,5-6,14H2,1-2H3,(H,15,17). The first-order valence-electron chi connectivity index (χ1n) is 5.78. The maximum Gasteiger partial charge on any atom is 0.287 e. The number of rotatable bonds is 4. The highest BCUT2D eigenvalue weighted by molar-refractivity contribution is 5.96. The number of furan rings is 1. The fraction of sp³-hybridized carbons (Fsp3) is 0.308. The fourth-order valence-corrected chi connectivity index (χ4v) is 1.65. The summed E-state index contributed by atoms with van der Waals surface area (Å²) >= 11 is 0. The first kappa shape index (κ1) is 12.4. The van der Waals surface area contributed by atoms with E-state index in [9.17, 15) is 4.79 Å². The van der Waals surface area contributed by atoms with Gasteiger partial charge in [0.25, 0.3) is 5.91 Å². The van der Waals surface area contributed by atoms with E-state index in [-0.39, 0.29) is 5.91 Å². The lowest BCUT2D eigenvalue weighted by atomic mass is 10.2. The molecule has 1 aromatic carbocycles. The monoisotopic (exact) mass is 247 g/mol. The summed E-state index contributed by atoms with van der Waals surface area (Å²) in [4.78, 5) is 13.8.